The Morgan fingerprint density at radius 1 is 1.05 bits per heavy atom. The first-order chi connectivity index (χ1) is 10.7. The van der Waals surface area contributed by atoms with Crippen LogP contribution in [0.5, 0.6) is 0 Å². The smallest absolute Gasteiger partial charge is 0.251 e. The van der Waals surface area contributed by atoms with Gasteiger partial charge in [0.05, 0.1) is 0 Å². The zero-order valence-electron chi connectivity index (χ0n) is 12.0. The topological polar surface area (TPSA) is 63.4 Å². The van der Waals surface area contributed by atoms with E-state index in [-0.39, 0.29) is 5.91 Å². The standard InChI is InChI=1S/C18H16N2O2/c19-18(22)16-12-14-8-4-5-9-15(14)20(16)17(21)11-10-13-6-2-1-3-7-13/h1-11,16H,12H2,(H2,19,22)/b11-10-/t16-/m1/s1. The minimum atomic E-state index is -0.620. The van der Waals surface area contributed by atoms with Crippen LogP contribution in [-0.4, -0.2) is 17.9 Å². The molecule has 1 aliphatic rings. The highest BCUT2D eigenvalue weighted by molar-refractivity contribution is 6.09. The van der Waals surface area contributed by atoms with Gasteiger partial charge in [0, 0.05) is 18.2 Å². The zero-order valence-corrected chi connectivity index (χ0v) is 12.0. The normalized spacial score (nSPS) is 16.7. The van der Waals surface area contributed by atoms with E-state index < -0.39 is 11.9 Å². The second kappa shape index (κ2) is 5.85. The molecule has 3 rings (SSSR count). The number of carbonyl (C=O) groups is 2. The van der Waals surface area contributed by atoms with Crippen LogP contribution in [0.3, 0.4) is 0 Å². The molecule has 0 fully saturated rings. The van der Waals surface area contributed by atoms with Gasteiger partial charge in [-0.2, -0.15) is 0 Å². The number of hydrogen-bond donors (Lipinski definition) is 1. The van der Waals surface area contributed by atoms with Crippen molar-refractivity contribution in [1.29, 1.82) is 0 Å². The van der Waals surface area contributed by atoms with Gasteiger partial charge in [-0.15, -0.1) is 0 Å². The fourth-order valence-corrected chi connectivity index (χ4v) is 2.70. The molecule has 0 radical (unpaired) electrons. The van der Waals surface area contributed by atoms with Crippen LogP contribution in [0.2, 0.25) is 0 Å². The van der Waals surface area contributed by atoms with Crippen molar-refractivity contribution >= 4 is 23.6 Å². The number of carbonyl (C=O) groups excluding carboxylic acids is 2. The fourth-order valence-electron chi connectivity index (χ4n) is 2.70. The molecule has 1 aliphatic heterocycles. The van der Waals surface area contributed by atoms with E-state index in [2.05, 4.69) is 0 Å². The highest BCUT2D eigenvalue weighted by Gasteiger charge is 2.35. The van der Waals surface area contributed by atoms with E-state index in [9.17, 15) is 9.59 Å². The third-order valence-electron chi connectivity index (χ3n) is 3.76. The Morgan fingerprint density at radius 3 is 2.45 bits per heavy atom. The third kappa shape index (κ3) is 2.63. The van der Waals surface area contributed by atoms with E-state index in [1.54, 1.807) is 6.08 Å². The number of rotatable bonds is 3. The van der Waals surface area contributed by atoms with Gasteiger partial charge in [-0.05, 0) is 23.3 Å². The first kappa shape index (κ1) is 14.1. The zero-order chi connectivity index (χ0) is 15.5. The maximum absolute atomic E-state index is 12.5. The lowest BCUT2D eigenvalue weighted by Gasteiger charge is -2.21. The quantitative estimate of drug-likeness (QED) is 0.881. The fraction of sp³-hybridized carbons (Fsp3) is 0.111. The van der Waals surface area contributed by atoms with Crippen LogP contribution in [-0.2, 0) is 16.0 Å². The van der Waals surface area contributed by atoms with E-state index in [0.717, 1.165) is 16.8 Å². The highest BCUT2D eigenvalue weighted by atomic mass is 16.2. The Morgan fingerprint density at radius 2 is 1.73 bits per heavy atom. The van der Waals surface area contributed by atoms with Crippen LogP contribution in [0.15, 0.2) is 60.7 Å². The number of amides is 2. The van der Waals surface area contributed by atoms with Crippen molar-refractivity contribution in [2.45, 2.75) is 12.5 Å². The molecule has 2 aromatic rings. The van der Waals surface area contributed by atoms with Gasteiger partial charge in [0.15, 0.2) is 0 Å². The summed E-state index contributed by atoms with van der Waals surface area (Å²) in [7, 11) is 0. The van der Waals surface area contributed by atoms with Crippen molar-refractivity contribution in [3.63, 3.8) is 0 Å². The summed E-state index contributed by atoms with van der Waals surface area (Å²) in [6.45, 7) is 0. The van der Waals surface area contributed by atoms with Crippen LogP contribution >= 0.6 is 0 Å². The largest absolute Gasteiger partial charge is 0.368 e. The Kier molecular flexibility index (Phi) is 3.74. The molecule has 4 heteroatoms. The van der Waals surface area contributed by atoms with E-state index in [1.165, 1.54) is 11.0 Å². The van der Waals surface area contributed by atoms with Crippen LogP contribution in [0, 0.1) is 0 Å². The maximum atomic E-state index is 12.5. The van der Waals surface area contributed by atoms with Gasteiger partial charge in [0.2, 0.25) is 5.91 Å². The van der Waals surface area contributed by atoms with Gasteiger partial charge >= 0.3 is 0 Å². The lowest BCUT2D eigenvalue weighted by molar-refractivity contribution is -0.122. The number of benzene rings is 2. The molecule has 110 valence electrons. The SMILES string of the molecule is NC(=O)[C@H]1Cc2ccccc2N1C(=O)/C=C\c1ccccc1. The number of primary amides is 1. The molecular formula is C18H16N2O2. The molecule has 0 spiro atoms. The van der Waals surface area contributed by atoms with Crippen LogP contribution in [0.1, 0.15) is 11.1 Å². The van der Waals surface area contributed by atoms with Crippen molar-refractivity contribution in [3.05, 3.63) is 71.8 Å². The highest BCUT2D eigenvalue weighted by Crippen LogP contribution is 2.32. The van der Waals surface area contributed by atoms with E-state index in [4.69, 9.17) is 5.73 Å². The first-order valence-electron chi connectivity index (χ1n) is 7.10. The summed E-state index contributed by atoms with van der Waals surface area (Å²) in [4.78, 5) is 25.7. The molecule has 2 N–H and O–H groups in total. The molecule has 0 unspecified atom stereocenters. The van der Waals surface area contributed by atoms with E-state index in [0.29, 0.717) is 6.42 Å². The van der Waals surface area contributed by atoms with Crippen LogP contribution < -0.4 is 10.6 Å². The van der Waals surface area contributed by atoms with Crippen molar-refractivity contribution in [3.8, 4) is 0 Å². The molecule has 1 atom stereocenters. The lowest BCUT2D eigenvalue weighted by atomic mass is 10.1. The molecule has 1 heterocycles. The number of hydrogen-bond acceptors (Lipinski definition) is 2. The molecular weight excluding hydrogens is 276 g/mol. The second-order valence-corrected chi connectivity index (χ2v) is 5.20. The predicted molar refractivity (Wildman–Crippen MR) is 86.1 cm³/mol. The Labute approximate surface area is 128 Å². The van der Waals surface area contributed by atoms with Gasteiger partial charge in [-0.1, -0.05) is 48.5 Å². The summed E-state index contributed by atoms with van der Waals surface area (Å²) in [6.07, 6.45) is 3.69. The van der Waals surface area contributed by atoms with E-state index in [1.807, 2.05) is 54.6 Å². The maximum Gasteiger partial charge on any atom is 0.251 e. The number of anilines is 1. The summed E-state index contributed by atoms with van der Waals surface area (Å²) >= 11 is 0. The minimum absolute atomic E-state index is 0.238. The van der Waals surface area contributed by atoms with Crippen molar-refractivity contribution < 1.29 is 9.59 Å². The van der Waals surface area contributed by atoms with Crippen molar-refractivity contribution in [1.82, 2.24) is 0 Å². The summed E-state index contributed by atoms with van der Waals surface area (Å²) in [6, 6.07) is 16.4. The summed E-state index contributed by atoms with van der Waals surface area (Å²) < 4.78 is 0. The van der Waals surface area contributed by atoms with Crippen molar-refractivity contribution in [2.24, 2.45) is 5.73 Å². The van der Waals surface area contributed by atoms with Gasteiger partial charge in [0.25, 0.3) is 5.91 Å². The summed E-state index contributed by atoms with van der Waals surface area (Å²) in [5.74, 6) is -0.727. The van der Waals surface area contributed by atoms with Gasteiger partial charge in [0.1, 0.15) is 6.04 Å². The molecule has 0 saturated heterocycles. The predicted octanol–water partition coefficient (Wildman–Crippen LogP) is 2.14. The molecule has 22 heavy (non-hydrogen) atoms. The average Bonchev–Trinajstić information content (AvgIpc) is 2.93. The second-order valence-electron chi connectivity index (χ2n) is 5.20. The Hall–Kier alpha value is -2.88. The molecule has 2 amide bonds. The lowest BCUT2D eigenvalue weighted by Crippen LogP contribution is -2.45. The molecule has 0 aliphatic carbocycles. The number of nitrogens with zero attached hydrogens (tertiary/aromatic N) is 1. The molecule has 0 bridgehead atoms. The summed E-state index contributed by atoms with van der Waals surface area (Å²) in [5, 5.41) is 0. The van der Waals surface area contributed by atoms with Crippen molar-refractivity contribution in [2.75, 3.05) is 4.90 Å². The van der Waals surface area contributed by atoms with Gasteiger partial charge < -0.3 is 5.73 Å². The molecule has 4 nitrogen and oxygen atoms in total. The third-order valence-corrected chi connectivity index (χ3v) is 3.76. The number of para-hydroxylation sites is 1. The molecule has 0 saturated carbocycles. The Bertz CT molecular complexity index is 738. The minimum Gasteiger partial charge on any atom is -0.368 e. The molecule has 0 aromatic heterocycles. The van der Waals surface area contributed by atoms with Crippen LogP contribution in [0.4, 0.5) is 5.69 Å². The molecule has 2 aromatic carbocycles. The first-order valence-corrected chi connectivity index (χ1v) is 7.10. The Balaban J connectivity index is 1.89. The van der Waals surface area contributed by atoms with Gasteiger partial charge in [-0.25, -0.2) is 0 Å². The van der Waals surface area contributed by atoms with Gasteiger partial charge in [-0.3, -0.25) is 14.5 Å². The summed E-state index contributed by atoms with van der Waals surface area (Å²) in [5.41, 5.74) is 8.11. The monoisotopic (exact) mass is 292 g/mol. The number of nitrogens with two attached hydrogens (primary N) is 1. The van der Waals surface area contributed by atoms with E-state index >= 15 is 0 Å². The number of fused-ring (bicyclic) bond motifs is 1. The average molecular weight is 292 g/mol. The van der Waals surface area contributed by atoms with Crippen LogP contribution in [0.25, 0.3) is 6.08 Å².